The molecule has 1 amide bonds. The number of hydrogen-bond acceptors (Lipinski definition) is 2. The average molecular weight is 331 g/mol. The van der Waals surface area contributed by atoms with E-state index in [4.69, 9.17) is 10.5 Å². The van der Waals surface area contributed by atoms with E-state index in [0.717, 1.165) is 16.7 Å². The molecule has 0 saturated carbocycles. The van der Waals surface area contributed by atoms with E-state index >= 15 is 0 Å². The maximum absolute atomic E-state index is 11.8. The van der Waals surface area contributed by atoms with Crippen molar-refractivity contribution < 1.29 is 9.53 Å². The van der Waals surface area contributed by atoms with Crippen molar-refractivity contribution in [3.05, 3.63) is 108 Å². The van der Waals surface area contributed by atoms with E-state index in [1.807, 2.05) is 91.0 Å². The number of nitrogens with two attached hydrogens (primary N) is 1. The maximum Gasteiger partial charge on any atom is 0.246 e. The lowest BCUT2D eigenvalue weighted by atomic mass is 9.80. The Balaban J connectivity index is 2.29. The van der Waals surface area contributed by atoms with Gasteiger partial charge in [0, 0.05) is 0 Å². The van der Waals surface area contributed by atoms with Gasteiger partial charge in [0.2, 0.25) is 5.91 Å². The molecule has 3 nitrogen and oxygen atoms in total. The zero-order valence-corrected chi connectivity index (χ0v) is 14.1. The van der Waals surface area contributed by atoms with Gasteiger partial charge in [-0.3, -0.25) is 4.79 Å². The van der Waals surface area contributed by atoms with Crippen LogP contribution in [-0.4, -0.2) is 12.0 Å². The summed E-state index contributed by atoms with van der Waals surface area (Å²) in [7, 11) is 0. The van der Waals surface area contributed by atoms with Gasteiger partial charge in [0.1, 0.15) is 11.7 Å². The van der Waals surface area contributed by atoms with Crippen molar-refractivity contribution in [1.29, 1.82) is 0 Å². The van der Waals surface area contributed by atoms with Gasteiger partial charge in [0.15, 0.2) is 0 Å². The van der Waals surface area contributed by atoms with Crippen molar-refractivity contribution in [2.75, 3.05) is 0 Å². The van der Waals surface area contributed by atoms with Crippen LogP contribution < -0.4 is 5.73 Å². The normalized spacial score (nSPS) is 12.5. The van der Waals surface area contributed by atoms with Gasteiger partial charge in [-0.05, 0) is 23.6 Å². The monoisotopic (exact) mass is 331 g/mol. The summed E-state index contributed by atoms with van der Waals surface area (Å²) in [6.07, 6.45) is -0.749. The third kappa shape index (κ3) is 3.32. The predicted molar refractivity (Wildman–Crippen MR) is 98.9 cm³/mol. The van der Waals surface area contributed by atoms with Crippen LogP contribution in [0, 0.1) is 0 Å². The Morgan fingerprint density at radius 3 is 1.36 bits per heavy atom. The standard InChI is InChI=1S/C22H21NO2/c1-17(21(23)24)25-22(18-11-5-2-6-12-18,19-13-7-3-8-14-19)20-15-9-4-10-16-20/h2-17H,1H3,(H2,23,24)/t17-/m0/s1. The molecule has 2 N–H and O–H groups in total. The molecule has 0 radical (unpaired) electrons. The highest BCUT2D eigenvalue weighted by molar-refractivity contribution is 5.78. The van der Waals surface area contributed by atoms with E-state index < -0.39 is 17.6 Å². The van der Waals surface area contributed by atoms with Crippen LogP contribution >= 0.6 is 0 Å². The molecule has 0 fully saturated rings. The number of primary amides is 1. The number of amides is 1. The third-order valence-electron chi connectivity index (χ3n) is 4.30. The summed E-state index contributed by atoms with van der Waals surface area (Å²) in [5.74, 6) is -0.493. The highest BCUT2D eigenvalue weighted by Crippen LogP contribution is 2.41. The largest absolute Gasteiger partial charge is 0.367 e. The number of benzene rings is 3. The molecule has 0 bridgehead atoms. The Bertz CT molecular complexity index is 720. The molecule has 0 saturated heterocycles. The van der Waals surface area contributed by atoms with Gasteiger partial charge in [-0.15, -0.1) is 0 Å². The van der Waals surface area contributed by atoms with Gasteiger partial charge < -0.3 is 10.5 Å². The van der Waals surface area contributed by atoms with Crippen LogP contribution in [0.5, 0.6) is 0 Å². The first-order chi connectivity index (χ1) is 12.1. The Morgan fingerprint density at radius 1 is 0.760 bits per heavy atom. The van der Waals surface area contributed by atoms with Gasteiger partial charge in [-0.25, -0.2) is 0 Å². The Hall–Kier alpha value is -2.91. The zero-order valence-electron chi connectivity index (χ0n) is 14.1. The summed E-state index contributed by atoms with van der Waals surface area (Å²) in [5.41, 5.74) is 7.43. The highest BCUT2D eigenvalue weighted by Gasteiger charge is 2.39. The second kappa shape index (κ2) is 7.32. The molecule has 3 rings (SSSR count). The van der Waals surface area contributed by atoms with Crippen molar-refractivity contribution in [1.82, 2.24) is 0 Å². The first kappa shape index (κ1) is 16.9. The maximum atomic E-state index is 11.8. The van der Waals surface area contributed by atoms with Crippen molar-refractivity contribution >= 4 is 5.91 Å². The minimum atomic E-state index is -0.918. The zero-order chi connectivity index (χ0) is 17.7. The van der Waals surface area contributed by atoms with E-state index in [1.165, 1.54) is 0 Å². The minimum absolute atomic E-state index is 0.493. The van der Waals surface area contributed by atoms with Crippen LogP contribution in [-0.2, 0) is 15.1 Å². The fourth-order valence-corrected chi connectivity index (χ4v) is 3.05. The van der Waals surface area contributed by atoms with Crippen LogP contribution in [0.4, 0.5) is 0 Å². The smallest absolute Gasteiger partial charge is 0.246 e. The molecule has 3 aromatic carbocycles. The lowest BCUT2D eigenvalue weighted by molar-refractivity contribution is -0.135. The molecule has 0 unspecified atom stereocenters. The Kier molecular flexibility index (Phi) is 4.96. The van der Waals surface area contributed by atoms with Gasteiger partial charge in [-0.2, -0.15) is 0 Å². The molecular formula is C22H21NO2. The van der Waals surface area contributed by atoms with Gasteiger partial charge in [0.05, 0.1) is 0 Å². The average Bonchev–Trinajstić information content (AvgIpc) is 2.68. The van der Waals surface area contributed by atoms with Gasteiger partial charge in [0.25, 0.3) is 0 Å². The van der Waals surface area contributed by atoms with Crippen molar-refractivity contribution in [2.45, 2.75) is 18.6 Å². The lowest BCUT2D eigenvalue weighted by Gasteiger charge is -2.37. The third-order valence-corrected chi connectivity index (χ3v) is 4.30. The van der Waals surface area contributed by atoms with E-state index in [2.05, 4.69) is 0 Å². The first-order valence-electron chi connectivity index (χ1n) is 8.28. The summed E-state index contributed by atoms with van der Waals surface area (Å²) in [5, 5.41) is 0. The van der Waals surface area contributed by atoms with Crippen molar-refractivity contribution in [3.63, 3.8) is 0 Å². The summed E-state index contributed by atoms with van der Waals surface area (Å²) < 4.78 is 6.38. The summed E-state index contributed by atoms with van der Waals surface area (Å²) in [6, 6.07) is 29.7. The van der Waals surface area contributed by atoms with Crippen LogP contribution in [0.1, 0.15) is 23.6 Å². The Morgan fingerprint density at radius 2 is 1.08 bits per heavy atom. The second-order valence-electron chi connectivity index (χ2n) is 5.94. The molecule has 1 atom stereocenters. The van der Waals surface area contributed by atoms with E-state index in [0.29, 0.717) is 0 Å². The number of hydrogen-bond donors (Lipinski definition) is 1. The van der Waals surface area contributed by atoms with E-state index in [1.54, 1.807) is 6.92 Å². The molecular weight excluding hydrogens is 310 g/mol. The van der Waals surface area contributed by atoms with E-state index in [9.17, 15) is 4.79 Å². The van der Waals surface area contributed by atoms with Crippen LogP contribution in [0.3, 0.4) is 0 Å². The van der Waals surface area contributed by atoms with Gasteiger partial charge >= 0.3 is 0 Å². The van der Waals surface area contributed by atoms with E-state index in [-0.39, 0.29) is 0 Å². The molecule has 0 aromatic heterocycles. The molecule has 3 aromatic rings. The minimum Gasteiger partial charge on any atom is -0.367 e. The molecule has 0 aliphatic rings. The topological polar surface area (TPSA) is 52.3 Å². The fraction of sp³-hybridized carbons (Fsp3) is 0.136. The van der Waals surface area contributed by atoms with Crippen LogP contribution in [0.15, 0.2) is 91.0 Å². The van der Waals surface area contributed by atoms with Gasteiger partial charge in [-0.1, -0.05) is 91.0 Å². The Labute approximate surface area is 148 Å². The molecule has 0 spiro atoms. The highest BCUT2D eigenvalue weighted by atomic mass is 16.5. The quantitative estimate of drug-likeness (QED) is 0.697. The molecule has 0 heterocycles. The number of carbonyl (C=O) groups excluding carboxylic acids is 1. The molecule has 0 aliphatic heterocycles. The molecule has 3 heteroatoms. The second-order valence-corrected chi connectivity index (χ2v) is 5.94. The number of carbonyl (C=O) groups is 1. The lowest BCUT2D eigenvalue weighted by Crippen LogP contribution is -2.40. The number of rotatable bonds is 6. The molecule has 126 valence electrons. The summed E-state index contributed by atoms with van der Waals surface area (Å²) in [4.78, 5) is 11.8. The summed E-state index contributed by atoms with van der Waals surface area (Å²) in [6.45, 7) is 1.69. The number of ether oxygens (including phenoxy) is 1. The summed E-state index contributed by atoms with van der Waals surface area (Å²) >= 11 is 0. The van der Waals surface area contributed by atoms with Crippen LogP contribution in [0.25, 0.3) is 0 Å². The molecule has 0 aliphatic carbocycles. The fourth-order valence-electron chi connectivity index (χ4n) is 3.05. The van der Waals surface area contributed by atoms with Crippen molar-refractivity contribution in [2.24, 2.45) is 5.73 Å². The SMILES string of the molecule is C[C@H](OC(c1ccccc1)(c1ccccc1)c1ccccc1)C(N)=O. The molecule has 25 heavy (non-hydrogen) atoms. The van der Waals surface area contributed by atoms with Crippen LogP contribution in [0.2, 0.25) is 0 Å². The van der Waals surface area contributed by atoms with Crippen molar-refractivity contribution in [3.8, 4) is 0 Å². The predicted octanol–water partition coefficient (Wildman–Crippen LogP) is 3.87. The first-order valence-corrected chi connectivity index (χ1v) is 8.28.